The number of benzene rings is 1. The van der Waals surface area contributed by atoms with Gasteiger partial charge in [0.2, 0.25) is 0 Å². The molecule has 0 fully saturated rings. The molecule has 3 rings (SSSR count). The molecule has 2 heterocycles. The predicted molar refractivity (Wildman–Crippen MR) is 126 cm³/mol. The van der Waals surface area contributed by atoms with E-state index in [1.165, 1.54) is 20.2 Å². The Bertz CT molecular complexity index is 1230. The van der Waals surface area contributed by atoms with Crippen molar-refractivity contribution in [3.63, 3.8) is 0 Å². The summed E-state index contributed by atoms with van der Waals surface area (Å²) in [5, 5.41) is 2.95. The highest BCUT2D eigenvalue weighted by Gasteiger charge is 2.20. The van der Waals surface area contributed by atoms with Crippen LogP contribution in [0.25, 0.3) is 0 Å². The van der Waals surface area contributed by atoms with E-state index in [1.54, 1.807) is 56.5 Å². The zero-order valence-corrected chi connectivity index (χ0v) is 20.1. The Morgan fingerprint density at radius 2 is 1.88 bits per heavy atom. The molecule has 2 aromatic heterocycles. The van der Waals surface area contributed by atoms with E-state index >= 15 is 0 Å². The average Bonchev–Trinajstić information content (AvgIpc) is 2.82. The summed E-state index contributed by atoms with van der Waals surface area (Å²) >= 11 is 0. The standard InChI is InChI=1S/C24H25N3O6S/c1-15-10-18(11-19(26-15)13-33-16(2)28)27-23(29)21-6-5-9-25-24(21)34(30)14-17-7-8-20(31-3)12-22(17)32-4/h5-12H,13-14H2,1-4H3,(H,26,27,29). The summed E-state index contributed by atoms with van der Waals surface area (Å²) in [6.45, 7) is 3.07. The van der Waals surface area contributed by atoms with Gasteiger partial charge in [0.1, 0.15) is 23.1 Å². The minimum atomic E-state index is -1.62. The number of aromatic nitrogens is 2. The molecular weight excluding hydrogens is 458 g/mol. The monoisotopic (exact) mass is 483 g/mol. The van der Waals surface area contributed by atoms with Gasteiger partial charge in [-0.15, -0.1) is 0 Å². The van der Waals surface area contributed by atoms with Gasteiger partial charge in [0, 0.05) is 36.1 Å². The van der Waals surface area contributed by atoms with E-state index < -0.39 is 22.7 Å². The van der Waals surface area contributed by atoms with Gasteiger partial charge in [-0.3, -0.25) is 18.8 Å². The van der Waals surface area contributed by atoms with E-state index in [1.807, 2.05) is 0 Å². The summed E-state index contributed by atoms with van der Waals surface area (Å²) in [6, 6.07) is 11.7. The number of methoxy groups -OCH3 is 2. The molecule has 1 unspecified atom stereocenters. The van der Waals surface area contributed by atoms with Gasteiger partial charge >= 0.3 is 5.97 Å². The third-order valence-corrected chi connectivity index (χ3v) is 6.03. The SMILES string of the molecule is COc1ccc(CS(=O)c2ncccc2C(=O)Nc2cc(C)nc(COC(C)=O)c2)c(OC)c1. The fourth-order valence-corrected chi connectivity index (χ4v) is 4.43. The van der Waals surface area contributed by atoms with Gasteiger partial charge < -0.3 is 19.5 Å². The summed E-state index contributed by atoms with van der Waals surface area (Å²) < 4.78 is 28.8. The Morgan fingerprint density at radius 3 is 2.59 bits per heavy atom. The molecule has 178 valence electrons. The molecule has 0 saturated carbocycles. The number of rotatable bonds is 9. The van der Waals surface area contributed by atoms with Crippen molar-refractivity contribution < 1.29 is 28.0 Å². The summed E-state index contributed by atoms with van der Waals surface area (Å²) in [5.74, 6) is 0.352. The second-order valence-corrected chi connectivity index (χ2v) is 8.61. The molecule has 0 bridgehead atoms. The molecule has 34 heavy (non-hydrogen) atoms. The van der Waals surface area contributed by atoms with E-state index in [0.717, 1.165) is 0 Å². The molecule has 0 saturated heterocycles. The molecule has 1 N–H and O–H groups in total. The largest absolute Gasteiger partial charge is 0.497 e. The van der Waals surface area contributed by atoms with E-state index in [2.05, 4.69) is 15.3 Å². The molecule has 9 nitrogen and oxygen atoms in total. The summed E-state index contributed by atoms with van der Waals surface area (Å²) in [6.07, 6.45) is 1.49. The van der Waals surface area contributed by atoms with Crippen LogP contribution in [0, 0.1) is 6.92 Å². The molecule has 3 aromatic rings. The van der Waals surface area contributed by atoms with Gasteiger partial charge in [-0.2, -0.15) is 0 Å². The van der Waals surface area contributed by atoms with E-state index in [-0.39, 0.29) is 22.9 Å². The van der Waals surface area contributed by atoms with Crippen molar-refractivity contribution in [2.24, 2.45) is 0 Å². The maximum absolute atomic E-state index is 13.2. The van der Waals surface area contributed by atoms with Crippen molar-refractivity contribution in [3.8, 4) is 11.5 Å². The average molecular weight is 484 g/mol. The second kappa shape index (κ2) is 11.4. The number of hydrogen-bond acceptors (Lipinski definition) is 8. The smallest absolute Gasteiger partial charge is 0.303 e. The number of anilines is 1. The number of hydrogen-bond donors (Lipinski definition) is 1. The first-order valence-corrected chi connectivity index (χ1v) is 11.6. The number of aryl methyl sites for hydroxylation is 1. The number of nitrogens with zero attached hydrogens (tertiary/aromatic N) is 2. The van der Waals surface area contributed by atoms with Crippen molar-refractivity contribution in [1.29, 1.82) is 0 Å². The van der Waals surface area contributed by atoms with Crippen LogP contribution in [0.1, 0.15) is 34.2 Å². The predicted octanol–water partition coefficient (Wildman–Crippen LogP) is 3.43. The van der Waals surface area contributed by atoms with Gasteiger partial charge in [-0.25, -0.2) is 4.98 Å². The normalized spacial score (nSPS) is 11.4. The lowest BCUT2D eigenvalue weighted by molar-refractivity contribution is -0.142. The van der Waals surface area contributed by atoms with Crippen molar-refractivity contribution in [3.05, 3.63) is 71.2 Å². The quantitative estimate of drug-likeness (QED) is 0.460. The van der Waals surface area contributed by atoms with E-state index in [9.17, 15) is 13.8 Å². The third kappa shape index (κ3) is 6.38. The van der Waals surface area contributed by atoms with Crippen LogP contribution in [0.3, 0.4) is 0 Å². The van der Waals surface area contributed by atoms with Crippen LogP contribution in [0.15, 0.2) is 53.7 Å². The Kier molecular flexibility index (Phi) is 8.31. The van der Waals surface area contributed by atoms with Crippen LogP contribution in [0.4, 0.5) is 5.69 Å². The molecule has 1 atom stereocenters. The Labute approximate surface area is 199 Å². The fourth-order valence-electron chi connectivity index (χ4n) is 3.18. The molecule has 1 amide bonds. The number of carbonyl (C=O) groups is 2. The third-order valence-electron chi connectivity index (χ3n) is 4.70. The second-order valence-electron chi connectivity index (χ2n) is 7.25. The van der Waals surface area contributed by atoms with E-state index in [4.69, 9.17) is 14.2 Å². The Balaban J connectivity index is 1.82. The number of amides is 1. The highest BCUT2D eigenvalue weighted by molar-refractivity contribution is 7.84. The highest BCUT2D eigenvalue weighted by atomic mass is 32.2. The fraction of sp³-hybridized carbons (Fsp3) is 0.250. The first-order valence-electron chi connectivity index (χ1n) is 10.3. The summed E-state index contributed by atoms with van der Waals surface area (Å²) in [4.78, 5) is 32.7. The number of carbonyl (C=O) groups excluding carboxylic acids is 2. The minimum Gasteiger partial charge on any atom is -0.497 e. The summed E-state index contributed by atoms with van der Waals surface area (Å²) in [5.41, 5.74) is 2.48. The maximum Gasteiger partial charge on any atom is 0.303 e. The van der Waals surface area contributed by atoms with Gasteiger partial charge in [-0.05, 0) is 37.3 Å². The van der Waals surface area contributed by atoms with Crippen LogP contribution in [0.5, 0.6) is 11.5 Å². The van der Waals surface area contributed by atoms with Crippen molar-refractivity contribution >= 4 is 28.4 Å². The highest BCUT2D eigenvalue weighted by Crippen LogP contribution is 2.27. The number of ether oxygens (including phenoxy) is 3. The Hall–Kier alpha value is -3.79. The molecule has 0 aliphatic heterocycles. The van der Waals surface area contributed by atoms with Crippen molar-refractivity contribution in [2.45, 2.75) is 31.2 Å². The molecule has 10 heteroatoms. The number of pyridine rings is 2. The van der Waals surface area contributed by atoms with Gasteiger partial charge in [0.15, 0.2) is 0 Å². The first kappa shape index (κ1) is 24.8. The molecular formula is C24H25N3O6S. The summed E-state index contributed by atoms with van der Waals surface area (Å²) in [7, 11) is 1.45. The zero-order valence-electron chi connectivity index (χ0n) is 19.3. The topological polar surface area (TPSA) is 117 Å². The lowest BCUT2D eigenvalue weighted by Crippen LogP contribution is -2.17. The zero-order chi connectivity index (χ0) is 24.7. The molecule has 1 aromatic carbocycles. The van der Waals surface area contributed by atoms with Crippen molar-refractivity contribution in [2.75, 3.05) is 19.5 Å². The van der Waals surface area contributed by atoms with Crippen LogP contribution in [-0.4, -0.2) is 40.3 Å². The van der Waals surface area contributed by atoms with Gasteiger partial charge in [-0.1, -0.05) is 6.07 Å². The molecule has 0 spiro atoms. The maximum atomic E-state index is 13.2. The van der Waals surface area contributed by atoms with Gasteiger partial charge in [0.05, 0.1) is 42.0 Å². The van der Waals surface area contributed by atoms with Crippen LogP contribution in [-0.2, 0) is 32.7 Å². The molecule has 0 aliphatic carbocycles. The lowest BCUT2D eigenvalue weighted by Gasteiger charge is -2.12. The van der Waals surface area contributed by atoms with Crippen molar-refractivity contribution in [1.82, 2.24) is 9.97 Å². The van der Waals surface area contributed by atoms with E-state index in [0.29, 0.717) is 34.1 Å². The molecule has 0 radical (unpaired) electrons. The molecule has 0 aliphatic rings. The minimum absolute atomic E-state index is 0.00820. The lowest BCUT2D eigenvalue weighted by atomic mass is 10.2. The van der Waals surface area contributed by atoms with Gasteiger partial charge in [0.25, 0.3) is 5.91 Å². The number of esters is 1. The van der Waals surface area contributed by atoms with Crippen LogP contribution >= 0.6 is 0 Å². The van der Waals surface area contributed by atoms with Crippen LogP contribution < -0.4 is 14.8 Å². The number of nitrogens with one attached hydrogen (secondary N) is 1. The van der Waals surface area contributed by atoms with Crippen LogP contribution in [0.2, 0.25) is 0 Å². The first-order chi connectivity index (χ1) is 16.3. The Morgan fingerprint density at radius 1 is 1.09 bits per heavy atom.